The van der Waals surface area contributed by atoms with Gasteiger partial charge in [0.2, 0.25) is 10.0 Å². The van der Waals surface area contributed by atoms with E-state index in [0.29, 0.717) is 23.4 Å². The summed E-state index contributed by atoms with van der Waals surface area (Å²) < 4.78 is 32.3. The molecule has 0 aliphatic rings. The molecule has 0 aliphatic heterocycles. The van der Waals surface area contributed by atoms with E-state index in [1.54, 1.807) is 23.5 Å². The van der Waals surface area contributed by atoms with Crippen LogP contribution in [0.1, 0.15) is 32.3 Å². The van der Waals surface area contributed by atoms with Crippen molar-refractivity contribution in [2.75, 3.05) is 20.3 Å². The molecular formula is C15H24BrNO3S. The Bertz CT molecular complexity index is 512. The van der Waals surface area contributed by atoms with Crippen molar-refractivity contribution in [2.24, 2.45) is 0 Å². The number of hydrogen-bond donors (Lipinski definition) is 0. The first-order valence-electron chi connectivity index (χ1n) is 7.16. The summed E-state index contributed by atoms with van der Waals surface area (Å²) in [7, 11) is -1.90. The van der Waals surface area contributed by atoms with Crippen LogP contribution in [-0.2, 0) is 20.1 Å². The van der Waals surface area contributed by atoms with E-state index < -0.39 is 10.0 Å². The number of hydrogen-bond acceptors (Lipinski definition) is 3. The summed E-state index contributed by atoms with van der Waals surface area (Å²) >= 11 is 3.36. The molecule has 120 valence electrons. The first-order valence-corrected chi connectivity index (χ1v) is 9.73. The number of alkyl halides is 1. The molecule has 0 saturated carbocycles. The summed E-state index contributed by atoms with van der Waals surface area (Å²) in [5.74, 6) is 0. The molecule has 0 spiro atoms. The number of benzene rings is 1. The van der Waals surface area contributed by atoms with E-state index >= 15 is 0 Å². The number of ether oxygens (including phenoxy) is 1. The van der Waals surface area contributed by atoms with Crippen molar-refractivity contribution >= 4 is 26.0 Å². The van der Waals surface area contributed by atoms with Crippen LogP contribution in [0.15, 0.2) is 29.2 Å². The summed E-state index contributed by atoms with van der Waals surface area (Å²) in [5.41, 5.74) is 1.06. The lowest BCUT2D eigenvalue weighted by atomic mass is 10.2. The molecular weight excluding hydrogens is 354 g/mol. The van der Waals surface area contributed by atoms with Gasteiger partial charge in [-0.05, 0) is 30.5 Å². The molecule has 0 radical (unpaired) electrons. The van der Waals surface area contributed by atoms with E-state index in [0.717, 1.165) is 18.4 Å². The van der Waals surface area contributed by atoms with Crippen LogP contribution in [0, 0.1) is 0 Å². The minimum Gasteiger partial charge on any atom is -0.383 e. The second-order valence-electron chi connectivity index (χ2n) is 4.86. The van der Waals surface area contributed by atoms with Gasteiger partial charge < -0.3 is 4.74 Å². The predicted molar refractivity (Wildman–Crippen MR) is 89.2 cm³/mol. The van der Waals surface area contributed by atoms with Gasteiger partial charge in [0.1, 0.15) is 0 Å². The fraction of sp³-hybridized carbons (Fsp3) is 0.600. The zero-order chi connectivity index (χ0) is 15.9. The molecule has 0 unspecified atom stereocenters. The van der Waals surface area contributed by atoms with Crippen LogP contribution in [-0.4, -0.2) is 39.0 Å². The predicted octanol–water partition coefficient (Wildman–Crippen LogP) is 3.41. The molecule has 0 heterocycles. The SMILES string of the molecule is CCC(CC)N(CCOC)S(=O)(=O)c1ccc(CBr)cc1. The molecule has 1 rings (SSSR count). The van der Waals surface area contributed by atoms with E-state index in [2.05, 4.69) is 15.9 Å². The standard InChI is InChI=1S/C15H24BrNO3S/c1-4-14(5-2)17(10-11-20-3)21(18,19)15-8-6-13(12-16)7-9-15/h6-9,14H,4-5,10-12H2,1-3H3. The van der Waals surface area contributed by atoms with Gasteiger partial charge in [-0.2, -0.15) is 4.31 Å². The number of rotatable bonds is 9. The molecule has 0 aromatic heterocycles. The minimum absolute atomic E-state index is 0.000927. The lowest BCUT2D eigenvalue weighted by Crippen LogP contribution is -2.41. The number of halogens is 1. The Kier molecular flexibility index (Phi) is 7.87. The average Bonchev–Trinajstić information content (AvgIpc) is 2.51. The highest BCUT2D eigenvalue weighted by Gasteiger charge is 2.29. The lowest BCUT2D eigenvalue weighted by molar-refractivity contribution is 0.163. The van der Waals surface area contributed by atoms with Crippen molar-refractivity contribution in [1.29, 1.82) is 0 Å². The van der Waals surface area contributed by atoms with Crippen molar-refractivity contribution in [2.45, 2.75) is 43.0 Å². The smallest absolute Gasteiger partial charge is 0.243 e. The molecule has 0 aliphatic carbocycles. The fourth-order valence-corrected chi connectivity index (χ4v) is 4.39. The van der Waals surface area contributed by atoms with E-state index in [1.165, 1.54) is 0 Å². The zero-order valence-corrected chi connectivity index (χ0v) is 15.3. The third kappa shape index (κ3) is 4.77. The first kappa shape index (κ1) is 18.6. The monoisotopic (exact) mass is 377 g/mol. The Morgan fingerprint density at radius 1 is 1.19 bits per heavy atom. The van der Waals surface area contributed by atoms with Crippen LogP contribution in [0.4, 0.5) is 0 Å². The van der Waals surface area contributed by atoms with Crippen molar-refractivity contribution in [3.05, 3.63) is 29.8 Å². The molecule has 6 heteroatoms. The van der Waals surface area contributed by atoms with E-state index in [1.807, 2.05) is 26.0 Å². The minimum atomic E-state index is -3.48. The van der Waals surface area contributed by atoms with Crippen molar-refractivity contribution < 1.29 is 13.2 Å². The Labute approximate surface area is 136 Å². The molecule has 0 N–H and O–H groups in total. The van der Waals surface area contributed by atoms with Crippen molar-refractivity contribution in [1.82, 2.24) is 4.31 Å². The summed E-state index contributed by atoms with van der Waals surface area (Å²) in [6.07, 6.45) is 1.58. The van der Waals surface area contributed by atoms with Gasteiger partial charge in [0, 0.05) is 25.0 Å². The van der Waals surface area contributed by atoms with Crippen LogP contribution >= 0.6 is 15.9 Å². The maximum Gasteiger partial charge on any atom is 0.243 e. The molecule has 0 saturated heterocycles. The molecule has 4 nitrogen and oxygen atoms in total. The molecule has 21 heavy (non-hydrogen) atoms. The van der Waals surface area contributed by atoms with Crippen LogP contribution in [0.3, 0.4) is 0 Å². The maximum atomic E-state index is 12.9. The second kappa shape index (κ2) is 8.88. The lowest BCUT2D eigenvalue weighted by Gasteiger charge is -2.29. The molecule has 0 fully saturated rings. The summed E-state index contributed by atoms with van der Waals surface area (Å²) in [5, 5.41) is 0.716. The molecule has 0 bridgehead atoms. The topological polar surface area (TPSA) is 46.6 Å². The number of sulfonamides is 1. The van der Waals surface area contributed by atoms with Crippen LogP contribution < -0.4 is 0 Å². The fourth-order valence-electron chi connectivity index (χ4n) is 2.26. The zero-order valence-electron chi connectivity index (χ0n) is 12.9. The summed E-state index contributed by atoms with van der Waals surface area (Å²) in [6, 6.07) is 7.02. The Hall–Kier alpha value is -0.430. The summed E-state index contributed by atoms with van der Waals surface area (Å²) in [4.78, 5) is 0.343. The molecule has 1 aromatic carbocycles. The van der Waals surface area contributed by atoms with Crippen LogP contribution in [0.5, 0.6) is 0 Å². The van der Waals surface area contributed by atoms with Crippen molar-refractivity contribution in [3.63, 3.8) is 0 Å². The van der Waals surface area contributed by atoms with E-state index in [-0.39, 0.29) is 6.04 Å². The van der Waals surface area contributed by atoms with E-state index in [9.17, 15) is 8.42 Å². The highest BCUT2D eigenvalue weighted by Crippen LogP contribution is 2.22. The second-order valence-corrected chi connectivity index (χ2v) is 7.31. The Morgan fingerprint density at radius 2 is 1.76 bits per heavy atom. The highest BCUT2D eigenvalue weighted by molar-refractivity contribution is 9.08. The molecule has 1 aromatic rings. The highest BCUT2D eigenvalue weighted by atomic mass is 79.9. The van der Waals surface area contributed by atoms with Gasteiger partial charge in [0.25, 0.3) is 0 Å². The van der Waals surface area contributed by atoms with Gasteiger partial charge in [-0.3, -0.25) is 0 Å². The van der Waals surface area contributed by atoms with Crippen molar-refractivity contribution in [3.8, 4) is 0 Å². The maximum absolute atomic E-state index is 12.9. The molecule has 0 amide bonds. The Morgan fingerprint density at radius 3 is 2.19 bits per heavy atom. The van der Waals surface area contributed by atoms with Gasteiger partial charge in [0.15, 0.2) is 0 Å². The molecule has 0 atom stereocenters. The third-order valence-corrected chi connectivity index (χ3v) is 6.16. The van der Waals surface area contributed by atoms with Gasteiger partial charge >= 0.3 is 0 Å². The average molecular weight is 378 g/mol. The number of nitrogens with zero attached hydrogens (tertiary/aromatic N) is 1. The first-order chi connectivity index (χ1) is 10.0. The largest absolute Gasteiger partial charge is 0.383 e. The van der Waals surface area contributed by atoms with Gasteiger partial charge in [-0.1, -0.05) is 41.9 Å². The van der Waals surface area contributed by atoms with Crippen LogP contribution in [0.2, 0.25) is 0 Å². The number of methoxy groups -OCH3 is 1. The quantitative estimate of drug-likeness (QED) is 0.619. The van der Waals surface area contributed by atoms with Gasteiger partial charge in [0.05, 0.1) is 11.5 Å². The summed E-state index contributed by atoms with van der Waals surface area (Å²) in [6.45, 7) is 4.80. The van der Waals surface area contributed by atoms with E-state index in [4.69, 9.17) is 4.74 Å². The van der Waals surface area contributed by atoms with Gasteiger partial charge in [-0.25, -0.2) is 8.42 Å². The van der Waals surface area contributed by atoms with Gasteiger partial charge in [-0.15, -0.1) is 0 Å². The normalized spacial score (nSPS) is 12.3. The Balaban J connectivity index is 3.12. The third-order valence-electron chi connectivity index (χ3n) is 3.55. The van der Waals surface area contributed by atoms with Crippen LogP contribution in [0.25, 0.3) is 0 Å².